The first-order valence-corrected chi connectivity index (χ1v) is 2.04. The second-order valence-electron chi connectivity index (χ2n) is 0.981. The molecule has 7 heavy (non-hydrogen) atoms. The third kappa shape index (κ3) is 5.46. The lowest BCUT2D eigenvalue weighted by Gasteiger charge is -1.91. The summed E-state index contributed by atoms with van der Waals surface area (Å²) in [5, 5.41) is 0. The molecule has 0 saturated heterocycles. The average Bonchev–Trinajstić information content (AvgIpc) is 1.69. The third-order valence-corrected chi connectivity index (χ3v) is 0.482. The van der Waals surface area contributed by atoms with Crippen molar-refractivity contribution in [3.05, 3.63) is 12.3 Å². The third-order valence-electron chi connectivity index (χ3n) is 0.482. The second kappa shape index (κ2) is 5.46. The maximum absolute atomic E-state index is 4.99. The Morgan fingerprint density at radius 1 is 1.86 bits per heavy atom. The maximum Gasteiger partial charge on any atom is 0.0572 e. The molecule has 42 valence electrons. The Morgan fingerprint density at radius 2 is 2.57 bits per heavy atom. The topological polar surface area (TPSA) is 47.3 Å². The van der Waals surface area contributed by atoms with Gasteiger partial charge in [-0.25, -0.2) is 0 Å². The van der Waals surface area contributed by atoms with E-state index in [1.54, 1.807) is 13.2 Å². The molecule has 0 amide bonds. The van der Waals surface area contributed by atoms with Gasteiger partial charge in [0.25, 0.3) is 0 Å². The highest BCUT2D eigenvalue weighted by Gasteiger charge is 1.68. The Hall–Kier alpha value is -0.540. The quantitative estimate of drug-likeness (QED) is 0.377. The Balaban J connectivity index is 2.69. The van der Waals surface area contributed by atoms with Crippen molar-refractivity contribution in [2.45, 2.75) is 0 Å². The van der Waals surface area contributed by atoms with Gasteiger partial charge < -0.3 is 10.6 Å². The lowest BCUT2D eigenvalue weighted by atomic mass is 10.6. The molecule has 0 unspecified atom stereocenters. The standard InChI is InChI=1S/C4H10N2O/c1-7-6-4-2-3-5/h2-3,6H,4-5H2,1H3/b3-2-. The smallest absolute Gasteiger partial charge is 0.0572 e. The average molecular weight is 102 g/mol. The number of hydroxylamine groups is 1. The summed E-state index contributed by atoms with van der Waals surface area (Å²) in [5.74, 6) is 0. The van der Waals surface area contributed by atoms with Crippen molar-refractivity contribution in [3.8, 4) is 0 Å². The van der Waals surface area contributed by atoms with Crippen LogP contribution in [0, 0.1) is 0 Å². The van der Waals surface area contributed by atoms with E-state index in [9.17, 15) is 0 Å². The molecule has 0 aromatic rings. The fourth-order valence-electron chi connectivity index (χ4n) is 0.199. The fraction of sp³-hybridized carbons (Fsp3) is 0.500. The highest BCUT2D eigenvalue weighted by molar-refractivity contribution is 4.75. The van der Waals surface area contributed by atoms with Crippen LogP contribution in [0.2, 0.25) is 0 Å². The van der Waals surface area contributed by atoms with Gasteiger partial charge in [0, 0.05) is 6.54 Å². The molecule has 0 aliphatic heterocycles. The summed E-state index contributed by atoms with van der Waals surface area (Å²) in [6.45, 7) is 0.660. The van der Waals surface area contributed by atoms with Crippen LogP contribution in [-0.2, 0) is 4.84 Å². The van der Waals surface area contributed by atoms with Crippen LogP contribution in [0.4, 0.5) is 0 Å². The molecule has 0 aromatic carbocycles. The predicted molar refractivity (Wildman–Crippen MR) is 28.3 cm³/mol. The van der Waals surface area contributed by atoms with Crippen LogP contribution in [-0.4, -0.2) is 13.7 Å². The first kappa shape index (κ1) is 6.46. The second-order valence-corrected chi connectivity index (χ2v) is 0.981. The van der Waals surface area contributed by atoms with E-state index in [0.29, 0.717) is 6.54 Å². The Labute approximate surface area is 43.1 Å². The van der Waals surface area contributed by atoms with Crippen molar-refractivity contribution in [1.82, 2.24) is 5.48 Å². The molecule has 0 spiro atoms. The molecular formula is C4H10N2O. The lowest BCUT2D eigenvalue weighted by molar-refractivity contribution is 0.101. The minimum Gasteiger partial charge on any atom is -0.405 e. The summed E-state index contributed by atoms with van der Waals surface area (Å²) >= 11 is 0. The lowest BCUT2D eigenvalue weighted by Crippen LogP contribution is -2.10. The van der Waals surface area contributed by atoms with Crippen LogP contribution in [0.5, 0.6) is 0 Å². The van der Waals surface area contributed by atoms with Crippen LogP contribution in [0.25, 0.3) is 0 Å². The van der Waals surface area contributed by atoms with Crippen molar-refractivity contribution in [2.24, 2.45) is 5.73 Å². The van der Waals surface area contributed by atoms with Gasteiger partial charge in [0.2, 0.25) is 0 Å². The first-order chi connectivity index (χ1) is 3.41. The summed E-state index contributed by atoms with van der Waals surface area (Å²) in [6.07, 6.45) is 3.22. The van der Waals surface area contributed by atoms with Gasteiger partial charge in [0.1, 0.15) is 0 Å². The van der Waals surface area contributed by atoms with Crippen LogP contribution in [0.1, 0.15) is 0 Å². The van der Waals surface area contributed by atoms with E-state index < -0.39 is 0 Å². The van der Waals surface area contributed by atoms with Crippen molar-refractivity contribution >= 4 is 0 Å². The van der Waals surface area contributed by atoms with Gasteiger partial charge in [-0.2, -0.15) is 5.48 Å². The molecule has 3 nitrogen and oxygen atoms in total. The van der Waals surface area contributed by atoms with E-state index in [4.69, 9.17) is 5.73 Å². The molecule has 0 atom stereocenters. The molecule has 0 aliphatic carbocycles. The molecule has 0 aliphatic rings. The Kier molecular flexibility index (Phi) is 5.04. The molecule has 0 rings (SSSR count). The minimum absolute atomic E-state index is 0.660. The number of nitrogens with one attached hydrogen (secondary N) is 1. The SMILES string of the molecule is CONC/C=C\N. The highest BCUT2D eigenvalue weighted by Crippen LogP contribution is 1.58. The first-order valence-electron chi connectivity index (χ1n) is 2.04. The molecule has 0 heterocycles. The largest absolute Gasteiger partial charge is 0.405 e. The van der Waals surface area contributed by atoms with Gasteiger partial charge in [-0.1, -0.05) is 6.08 Å². The van der Waals surface area contributed by atoms with Crippen molar-refractivity contribution in [1.29, 1.82) is 0 Å². The predicted octanol–water partition coefficient (Wildman–Crippen LogP) is -0.390. The normalized spacial score (nSPS) is 10.4. The molecule has 0 radical (unpaired) electrons. The van der Waals surface area contributed by atoms with Crippen LogP contribution >= 0.6 is 0 Å². The fourth-order valence-corrected chi connectivity index (χ4v) is 0.199. The van der Waals surface area contributed by atoms with Crippen LogP contribution in [0.3, 0.4) is 0 Å². The molecule has 3 heteroatoms. The van der Waals surface area contributed by atoms with Gasteiger partial charge in [0.15, 0.2) is 0 Å². The summed E-state index contributed by atoms with van der Waals surface area (Å²) in [7, 11) is 1.56. The number of nitrogens with two attached hydrogens (primary N) is 1. The summed E-state index contributed by atoms with van der Waals surface area (Å²) in [6, 6.07) is 0. The van der Waals surface area contributed by atoms with Crippen molar-refractivity contribution < 1.29 is 4.84 Å². The van der Waals surface area contributed by atoms with Crippen LogP contribution in [0.15, 0.2) is 12.3 Å². The van der Waals surface area contributed by atoms with E-state index in [1.165, 1.54) is 6.20 Å². The maximum atomic E-state index is 4.99. The number of rotatable bonds is 3. The van der Waals surface area contributed by atoms with Gasteiger partial charge >= 0.3 is 0 Å². The Bertz CT molecular complexity index is 53.7. The van der Waals surface area contributed by atoms with Gasteiger partial charge in [-0.3, -0.25) is 0 Å². The van der Waals surface area contributed by atoms with E-state index >= 15 is 0 Å². The molecule has 0 saturated carbocycles. The minimum atomic E-state index is 0.660. The molecule has 0 fully saturated rings. The molecular weight excluding hydrogens is 92.1 g/mol. The monoisotopic (exact) mass is 102 g/mol. The van der Waals surface area contributed by atoms with E-state index in [1.807, 2.05) is 0 Å². The van der Waals surface area contributed by atoms with E-state index in [-0.39, 0.29) is 0 Å². The van der Waals surface area contributed by atoms with Crippen molar-refractivity contribution in [3.63, 3.8) is 0 Å². The number of hydrogen-bond donors (Lipinski definition) is 2. The van der Waals surface area contributed by atoms with Gasteiger partial charge in [-0.15, -0.1) is 0 Å². The Morgan fingerprint density at radius 3 is 3.00 bits per heavy atom. The van der Waals surface area contributed by atoms with E-state index in [0.717, 1.165) is 0 Å². The van der Waals surface area contributed by atoms with Crippen molar-refractivity contribution in [2.75, 3.05) is 13.7 Å². The van der Waals surface area contributed by atoms with Gasteiger partial charge in [0.05, 0.1) is 7.11 Å². The van der Waals surface area contributed by atoms with Gasteiger partial charge in [-0.05, 0) is 6.20 Å². The summed E-state index contributed by atoms with van der Waals surface area (Å²) in [4.78, 5) is 4.49. The van der Waals surface area contributed by atoms with Crippen LogP contribution < -0.4 is 11.2 Å². The molecule has 3 N–H and O–H groups in total. The highest BCUT2D eigenvalue weighted by atomic mass is 16.6. The summed E-state index contributed by atoms with van der Waals surface area (Å²) in [5.41, 5.74) is 7.58. The zero-order valence-electron chi connectivity index (χ0n) is 4.35. The van der Waals surface area contributed by atoms with E-state index in [2.05, 4.69) is 10.3 Å². The molecule has 0 bridgehead atoms. The number of hydrogen-bond acceptors (Lipinski definition) is 3. The summed E-state index contributed by atoms with van der Waals surface area (Å²) < 4.78 is 0. The zero-order valence-corrected chi connectivity index (χ0v) is 4.35. The molecule has 0 aromatic heterocycles. The zero-order chi connectivity index (χ0) is 5.54.